The molecule has 1 atom stereocenters. The highest BCUT2D eigenvalue weighted by Crippen LogP contribution is 2.18. The third-order valence-corrected chi connectivity index (χ3v) is 2.40. The summed E-state index contributed by atoms with van der Waals surface area (Å²) in [5.41, 5.74) is 0.881. The van der Waals surface area contributed by atoms with E-state index < -0.39 is 6.10 Å². The molecule has 3 heteroatoms. The van der Waals surface area contributed by atoms with Crippen molar-refractivity contribution < 1.29 is 14.6 Å². The molecule has 0 aliphatic carbocycles. The molecule has 0 amide bonds. The van der Waals surface area contributed by atoms with E-state index in [4.69, 9.17) is 4.74 Å². The lowest BCUT2D eigenvalue weighted by Crippen LogP contribution is -2.05. The minimum Gasteiger partial charge on any atom is -0.461 e. The molecule has 1 unspecified atom stereocenters. The fourth-order valence-corrected chi connectivity index (χ4v) is 1.51. The molecular formula is C14H18O3. The van der Waals surface area contributed by atoms with E-state index in [2.05, 4.69) is 6.58 Å². The van der Waals surface area contributed by atoms with E-state index in [0.29, 0.717) is 19.3 Å². The second-order valence-electron chi connectivity index (χ2n) is 3.79. The molecule has 0 aromatic heterocycles. The number of aliphatic hydroxyl groups excluding tert-OH is 1. The molecule has 0 saturated heterocycles. The number of carbonyl (C=O) groups excluding carboxylic acids is 1. The summed E-state index contributed by atoms with van der Waals surface area (Å²) in [6.45, 7) is 3.71. The van der Waals surface area contributed by atoms with Crippen molar-refractivity contribution in [3.8, 4) is 0 Å². The van der Waals surface area contributed by atoms with E-state index in [0.717, 1.165) is 5.56 Å². The Labute approximate surface area is 102 Å². The van der Waals surface area contributed by atoms with Crippen LogP contribution >= 0.6 is 0 Å². The van der Waals surface area contributed by atoms with E-state index in [9.17, 15) is 9.90 Å². The summed E-state index contributed by atoms with van der Waals surface area (Å²) in [5.74, 6) is -0.245. The van der Waals surface area contributed by atoms with Crippen molar-refractivity contribution >= 4 is 5.97 Å². The first kappa shape index (κ1) is 13.5. The fourth-order valence-electron chi connectivity index (χ4n) is 1.51. The van der Waals surface area contributed by atoms with Crippen LogP contribution in [0.2, 0.25) is 0 Å². The van der Waals surface area contributed by atoms with Crippen LogP contribution in [0.1, 0.15) is 30.9 Å². The lowest BCUT2D eigenvalue weighted by atomic mass is 10.0. The van der Waals surface area contributed by atoms with Crippen LogP contribution in [0.15, 0.2) is 43.0 Å². The van der Waals surface area contributed by atoms with Gasteiger partial charge in [0.1, 0.15) is 6.61 Å². The molecule has 0 fully saturated rings. The quantitative estimate of drug-likeness (QED) is 0.582. The van der Waals surface area contributed by atoms with Gasteiger partial charge in [0.25, 0.3) is 0 Å². The molecule has 1 rings (SSSR count). The molecule has 0 radical (unpaired) electrons. The monoisotopic (exact) mass is 234 g/mol. The lowest BCUT2D eigenvalue weighted by molar-refractivity contribution is -0.142. The Bertz CT molecular complexity index is 346. The van der Waals surface area contributed by atoms with Crippen LogP contribution in [-0.4, -0.2) is 17.7 Å². The van der Waals surface area contributed by atoms with Crippen LogP contribution in [0, 0.1) is 0 Å². The molecule has 1 aromatic rings. The number of esters is 1. The van der Waals surface area contributed by atoms with E-state index >= 15 is 0 Å². The number of aliphatic hydroxyl groups is 1. The highest BCUT2D eigenvalue weighted by Gasteiger charge is 2.08. The average Bonchev–Trinajstić information content (AvgIpc) is 2.37. The summed E-state index contributed by atoms with van der Waals surface area (Å²) in [4.78, 5) is 11.2. The van der Waals surface area contributed by atoms with Crippen molar-refractivity contribution in [3.63, 3.8) is 0 Å². The van der Waals surface area contributed by atoms with Crippen molar-refractivity contribution in [2.24, 2.45) is 0 Å². The molecule has 0 spiro atoms. The molecule has 0 bridgehead atoms. The summed E-state index contributed by atoms with van der Waals surface area (Å²) in [7, 11) is 0. The summed E-state index contributed by atoms with van der Waals surface area (Å²) in [6.07, 6.45) is 2.54. The number of benzene rings is 1. The van der Waals surface area contributed by atoms with Gasteiger partial charge in [-0.05, 0) is 18.4 Å². The van der Waals surface area contributed by atoms with Crippen molar-refractivity contribution in [1.82, 2.24) is 0 Å². The van der Waals surface area contributed by atoms with Crippen LogP contribution in [0.3, 0.4) is 0 Å². The number of hydrogen-bond donors (Lipinski definition) is 1. The molecule has 3 nitrogen and oxygen atoms in total. The van der Waals surface area contributed by atoms with Gasteiger partial charge < -0.3 is 9.84 Å². The van der Waals surface area contributed by atoms with Gasteiger partial charge in [0.2, 0.25) is 0 Å². The van der Waals surface area contributed by atoms with Gasteiger partial charge >= 0.3 is 5.97 Å². The van der Waals surface area contributed by atoms with Crippen LogP contribution in [0.25, 0.3) is 0 Å². The molecule has 17 heavy (non-hydrogen) atoms. The van der Waals surface area contributed by atoms with E-state index in [1.165, 1.54) is 6.08 Å². The van der Waals surface area contributed by atoms with Crippen molar-refractivity contribution in [2.45, 2.75) is 25.4 Å². The third-order valence-electron chi connectivity index (χ3n) is 2.40. The maximum atomic E-state index is 11.2. The van der Waals surface area contributed by atoms with Crippen LogP contribution in [0.5, 0.6) is 0 Å². The first-order chi connectivity index (χ1) is 8.24. The van der Waals surface area contributed by atoms with Gasteiger partial charge in [0, 0.05) is 6.42 Å². The Morgan fingerprint density at radius 2 is 2.12 bits per heavy atom. The third kappa shape index (κ3) is 5.31. The lowest BCUT2D eigenvalue weighted by Gasteiger charge is -2.10. The van der Waals surface area contributed by atoms with Crippen molar-refractivity contribution in [1.29, 1.82) is 0 Å². The summed E-state index contributed by atoms with van der Waals surface area (Å²) < 4.78 is 4.84. The second-order valence-corrected chi connectivity index (χ2v) is 3.79. The zero-order valence-electron chi connectivity index (χ0n) is 9.84. The molecule has 1 aromatic carbocycles. The average molecular weight is 234 g/mol. The van der Waals surface area contributed by atoms with Gasteiger partial charge in [0.05, 0.1) is 6.10 Å². The van der Waals surface area contributed by atoms with Gasteiger partial charge in [-0.1, -0.05) is 43.0 Å². The summed E-state index contributed by atoms with van der Waals surface area (Å²) in [5, 5.41) is 9.84. The molecule has 0 heterocycles. The molecule has 0 aliphatic rings. The first-order valence-electron chi connectivity index (χ1n) is 5.73. The van der Waals surface area contributed by atoms with E-state index in [1.54, 1.807) is 0 Å². The molecule has 92 valence electrons. The van der Waals surface area contributed by atoms with Gasteiger partial charge in [0.15, 0.2) is 0 Å². The van der Waals surface area contributed by atoms with E-state index in [1.807, 2.05) is 30.3 Å². The first-order valence-corrected chi connectivity index (χ1v) is 5.73. The van der Waals surface area contributed by atoms with Crippen LogP contribution < -0.4 is 0 Å². The standard InChI is InChI=1S/C14H18O3/c1-2-11-17-14(16)10-6-9-13(15)12-7-4-3-5-8-12/h2-5,7-8,13,15H,1,6,9-11H2. The van der Waals surface area contributed by atoms with Gasteiger partial charge in [-0.15, -0.1) is 0 Å². The van der Waals surface area contributed by atoms with Crippen molar-refractivity contribution in [3.05, 3.63) is 48.6 Å². The molecule has 0 saturated carbocycles. The van der Waals surface area contributed by atoms with Crippen LogP contribution in [-0.2, 0) is 9.53 Å². The maximum absolute atomic E-state index is 11.2. The number of ether oxygens (including phenoxy) is 1. The van der Waals surface area contributed by atoms with Crippen molar-refractivity contribution in [2.75, 3.05) is 6.61 Å². The Balaban J connectivity index is 2.22. The number of rotatable bonds is 7. The Morgan fingerprint density at radius 3 is 2.76 bits per heavy atom. The predicted octanol–water partition coefficient (Wildman–Crippen LogP) is 2.62. The topological polar surface area (TPSA) is 46.5 Å². The maximum Gasteiger partial charge on any atom is 0.306 e. The van der Waals surface area contributed by atoms with Gasteiger partial charge in [-0.3, -0.25) is 4.79 Å². The fraction of sp³-hybridized carbons (Fsp3) is 0.357. The summed E-state index contributed by atoms with van der Waals surface area (Å²) >= 11 is 0. The summed E-state index contributed by atoms with van der Waals surface area (Å²) in [6, 6.07) is 9.43. The molecule has 1 N–H and O–H groups in total. The number of carbonyl (C=O) groups is 1. The zero-order valence-corrected chi connectivity index (χ0v) is 9.84. The van der Waals surface area contributed by atoms with E-state index in [-0.39, 0.29) is 12.6 Å². The van der Waals surface area contributed by atoms with Crippen LogP contribution in [0.4, 0.5) is 0 Å². The Kier molecular flexibility index (Phi) is 6.04. The minimum atomic E-state index is -0.511. The highest BCUT2D eigenvalue weighted by molar-refractivity contribution is 5.69. The Hall–Kier alpha value is -1.61. The predicted molar refractivity (Wildman–Crippen MR) is 66.4 cm³/mol. The molecular weight excluding hydrogens is 216 g/mol. The SMILES string of the molecule is C=CCOC(=O)CCCC(O)c1ccccc1. The highest BCUT2D eigenvalue weighted by atomic mass is 16.5. The Morgan fingerprint density at radius 1 is 1.41 bits per heavy atom. The number of hydrogen-bond acceptors (Lipinski definition) is 3. The second kappa shape index (κ2) is 7.63. The van der Waals surface area contributed by atoms with Gasteiger partial charge in [-0.25, -0.2) is 0 Å². The largest absolute Gasteiger partial charge is 0.461 e. The smallest absolute Gasteiger partial charge is 0.306 e. The molecule has 0 aliphatic heterocycles. The van der Waals surface area contributed by atoms with Gasteiger partial charge in [-0.2, -0.15) is 0 Å². The zero-order chi connectivity index (χ0) is 12.5. The minimum absolute atomic E-state index is 0.245. The normalized spacial score (nSPS) is 11.8.